The van der Waals surface area contributed by atoms with E-state index in [1.54, 1.807) is 0 Å². The van der Waals surface area contributed by atoms with Crippen molar-refractivity contribution in [3.63, 3.8) is 0 Å². The molecule has 1 aliphatic rings. The van der Waals surface area contributed by atoms with Gasteiger partial charge in [0.1, 0.15) is 18.3 Å². The van der Waals surface area contributed by atoms with Crippen LogP contribution in [0.1, 0.15) is 26.3 Å². The summed E-state index contributed by atoms with van der Waals surface area (Å²) in [5.74, 6) is 0. The molecule has 0 aromatic heterocycles. The molecular weight excluding hydrogens is 324 g/mol. The van der Waals surface area contributed by atoms with Crippen LogP contribution < -0.4 is 0 Å². The molecule has 5 nitrogen and oxygen atoms in total. The minimum absolute atomic E-state index is 0.00562. The summed E-state index contributed by atoms with van der Waals surface area (Å²) < 4.78 is 17.2. The Morgan fingerprint density at radius 2 is 1.75 bits per heavy atom. The molecule has 1 aromatic rings. The minimum atomic E-state index is -2.11. The number of hydrogen-bond donors (Lipinski definition) is 2. The zero-order valence-corrected chi connectivity index (χ0v) is 16.2. The van der Waals surface area contributed by atoms with Crippen molar-refractivity contribution in [1.29, 1.82) is 0 Å². The van der Waals surface area contributed by atoms with Gasteiger partial charge in [0, 0.05) is 0 Å². The molecule has 1 heterocycles. The Hall–Kier alpha value is -0.763. The Morgan fingerprint density at radius 1 is 1.12 bits per heavy atom. The Balaban J connectivity index is 1.89. The van der Waals surface area contributed by atoms with Crippen LogP contribution in [0.4, 0.5) is 0 Å². The van der Waals surface area contributed by atoms with E-state index in [2.05, 4.69) is 33.9 Å². The van der Waals surface area contributed by atoms with Gasteiger partial charge >= 0.3 is 0 Å². The largest absolute Gasteiger partial charge is 0.406 e. The lowest BCUT2D eigenvalue weighted by molar-refractivity contribution is -0.135. The summed E-state index contributed by atoms with van der Waals surface area (Å²) in [6.07, 6.45) is -3.33. The van der Waals surface area contributed by atoms with Crippen molar-refractivity contribution in [1.82, 2.24) is 0 Å². The van der Waals surface area contributed by atoms with E-state index in [0.717, 1.165) is 5.56 Å². The number of ether oxygens (including phenoxy) is 2. The summed E-state index contributed by atoms with van der Waals surface area (Å²) in [4.78, 5) is 0. The second-order valence-electron chi connectivity index (χ2n) is 7.90. The lowest BCUT2D eigenvalue weighted by Crippen LogP contribution is -2.49. The third kappa shape index (κ3) is 4.65. The van der Waals surface area contributed by atoms with Crippen molar-refractivity contribution in [3.8, 4) is 0 Å². The minimum Gasteiger partial charge on any atom is -0.406 e. The molecule has 4 atom stereocenters. The highest BCUT2D eigenvalue weighted by molar-refractivity contribution is 6.74. The number of aliphatic hydroxyl groups is 2. The summed E-state index contributed by atoms with van der Waals surface area (Å²) in [6.45, 7) is 11.2. The van der Waals surface area contributed by atoms with Gasteiger partial charge in [-0.05, 0) is 23.7 Å². The monoisotopic (exact) mass is 354 g/mol. The molecule has 0 saturated carbocycles. The van der Waals surface area contributed by atoms with E-state index >= 15 is 0 Å². The summed E-state index contributed by atoms with van der Waals surface area (Å²) in [6, 6.07) is 9.81. The summed E-state index contributed by atoms with van der Waals surface area (Å²) in [7, 11) is -2.11. The predicted molar refractivity (Wildman–Crippen MR) is 95.1 cm³/mol. The van der Waals surface area contributed by atoms with Crippen LogP contribution in [-0.4, -0.2) is 49.7 Å². The number of aliphatic hydroxyl groups excluding tert-OH is 2. The first kappa shape index (κ1) is 19.6. The first-order valence-electron chi connectivity index (χ1n) is 8.43. The molecule has 6 heteroatoms. The molecular formula is C18H30O5Si. The zero-order valence-electron chi connectivity index (χ0n) is 15.2. The van der Waals surface area contributed by atoms with Crippen molar-refractivity contribution < 1.29 is 24.1 Å². The fraction of sp³-hybridized carbons (Fsp3) is 0.667. The van der Waals surface area contributed by atoms with Crippen molar-refractivity contribution >= 4 is 8.32 Å². The van der Waals surface area contributed by atoms with Crippen LogP contribution in [0.3, 0.4) is 0 Å². The van der Waals surface area contributed by atoms with E-state index in [0.29, 0.717) is 6.61 Å². The van der Waals surface area contributed by atoms with E-state index in [4.69, 9.17) is 13.9 Å². The molecule has 2 N–H and O–H groups in total. The SMILES string of the molecule is CC(C)(C)[Si](C)(C)O[C@@H]1[C@H](O)[C@@H](COCc2ccccc2)O[C@H]1O. The van der Waals surface area contributed by atoms with Gasteiger partial charge in [-0.2, -0.15) is 0 Å². The molecule has 2 rings (SSSR count). The first-order valence-corrected chi connectivity index (χ1v) is 11.3. The molecule has 0 amide bonds. The molecule has 1 saturated heterocycles. The zero-order chi connectivity index (χ0) is 18.0. The van der Waals surface area contributed by atoms with Gasteiger partial charge in [0.15, 0.2) is 14.6 Å². The Labute approximate surface area is 145 Å². The molecule has 0 bridgehead atoms. The molecule has 0 radical (unpaired) electrons. The van der Waals surface area contributed by atoms with Crippen LogP contribution in [0.15, 0.2) is 30.3 Å². The smallest absolute Gasteiger partial charge is 0.192 e. The number of hydrogen-bond acceptors (Lipinski definition) is 5. The van der Waals surface area contributed by atoms with Gasteiger partial charge in [-0.15, -0.1) is 0 Å². The standard InChI is InChI=1S/C18H30O5Si/c1-18(2,3)24(4,5)23-16-15(19)14(22-17(16)20)12-21-11-13-9-7-6-8-10-13/h6-10,14-17,19-20H,11-12H2,1-5H3/t14-,15-,16-,17-/m1/s1. The summed E-state index contributed by atoms with van der Waals surface area (Å²) >= 11 is 0. The highest BCUT2D eigenvalue weighted by Crippen LogP contribution is 2.39. The highest BCUT2D eigenvalue weighted by Gasteiger charge is 2.49. The number of benzene rings is 1. The average molecular weight is 355 g/mol. The van der Waals surface area contributed by atoms with E-state index in [9.17, 15) is 10.2 Å². The Kier molecular flexibility index (Phi) is 6.22. The topological polar surface area (TPSA) is 68.2 Å². The fourth-order valence-corrected chi connectivity index (χ4v) is 3.66. The summed E-state index contributed by atoms with van der Waals surface area (Å²) in [5.41, 5.74) is 1.06. The van der Waals surface area contributed by atoms with E-state index < -0.39 is 32.9 Å². The second kappa shape index (κ2) is 7.64. The molecule has 1 fully saturated rings. The quantitative estimate of drug-likeness (QED) is 0.769. The van der Waals surface area contributed by atoms with E-state index in [1.165, 1.54) is 0 Å². The van der Waals surface area contributed by atoms with Crippen LogP contribution in [0, 0.1) is 0 Å². The van der Waals surface area contributed by atoms with Crippen LogP contribution >= 0.6 is 0 Å². The van der Waals surface area contributed by atoms with Gasteiger partial charge in [-0.25, -0.2) is 0 Å². The lowest BCUT2D eigenvalue weighted by Gasteiger charge is -2.39. The van der Waals surface area contributed by atoms with E-state index in [1.807, 2.05) is 30.3 Å². The highest BCUT2D eigenvalue weighted by atomic mass is 28.4. The van der Waals surface area contributed by atoms with Gasteiger partial charge in [-0.3, -0.25) is 0 Å². The molecule has 136 valence electrons. The van der Waals surface area contributed by atoms with E-state index in [-0.39, 0.29) is 11.6 Å². The third-order valence-corrected chi connectivity index (χ3v) is 9.42. The van der Waals surface area contributed by atoms with Crippen molar-refractivity contribution in [2.75, 3.05) is 6.61 Å². The summed E-state index contributed by atoms with van der Waals surface area (Å²) in [5, 5.41) is 20.6. The maximum absolute atomic E-state index is 10.5. The van der Waals surface area contributed by atoms with Crippen LogP contribution in [0.5, 0.6) is 0 Å². The molecule has 1 aromatic carbocycles. The van der Waals surface area contributed by atoms with Crippen molar-refractivity contribution in [3.05, 3.63) is 35.9 Å². The maximum Gasteiger partial charge on any atom is 0.192 e. The molecule has 0 spiro atoms. The number of rotatable bonds is 6. The van der Waals surface area contributed by atoms with Crippen LogP contribution in [0.2, 0.25) is 18.1 Å². The predicted octanol–water partition coefficient (Wildman–Crippen LogP) is 2.67. The van der Waals surface area contributed by atoms with Crippen molar-refractivity contribution in [2.45, 2.75) is 70.1 Å². The van der Waals surface area contributed by atoms with Gasteiger partial charge in [-0.1, -0.05) is 51.1 Å². The molecule has 24 heavy (non-hydrogen) atoms. The van der Waals surface area contributed by atoms with Crippen LogP contribution in [-0.2, 0) is 20.5 Å². The molecule has 0 aliphatic carbocycles. The molecule has 0 unspecified atom stereocenters. The Bertz CT molecular complexity index is 514. The first-order chi connectivity index (χ1) is 11.1. The fourth-order valence-electron chi connectivity index (χ4n) is 2.37. The maximum atomic E-state index is 10.5. The second-order valence-corrected chi connectivity index (χ2v) is 12.7. The van der Waals surface area contributed by atoms with Gasteiger partial charge in [0.2, 0.25) is 0 Å². The molecule has 1 aliphatic heterocycles. The Morgan fingerprint density at radius 3 is 2.33 bits per heavy atom. The average Bonchev–Trinajstić information content (AvgIpc) is 2.75. The van der Waals surface area contributed by atoms with Gasteiger partial charge < -0.3 is 24.1 Å². The van der Waals surface area contributed by atoms with Gasteiger partial charge in [0.25, 0.3) is 0 Å². The third-order valence-electron chi connectivity index (χ3n) is 4.94. The van der Waals surface area contributed by atoms with Gasteiger partial charge in [0.05, 0.1) is 13.2 Å². The van der Waals surface area contributed by atoms with Crippen LogP contribution in [0.25, 0.3) is 0 Å². The normalized spacial score (nSPS) is 28.3. The van der Waals surface area contributed by atoms with Crippen molar-refractivity contribution in [2.24, 2.45) is 0 Å². The lowest BCUT2D eigenvalue weighted by atomic mass is 10.1.